The van der Waals surface area contributed by atoms with Gasteiger partial charge in [0.1, 0.15) is 18.3 Å². The molecule has 1 fully saturated rings. The van der Waals surface area contributed by atoms with Gasteiger partial charge in [0.05, 0.1) is 19.3 Å². The number of ether oxygens (including phenoxy) is 1. The summed E-state index contributed by atoms with van der Waals surface area (Å²) < 4.78 is 10.3. The zero-order valence-electron chi connectivity index (χ0n) is 14.6. The number of rotatable bonds is 5. The Bertz CT molecular complexity index is 769. The summed E-state index contributed by atoms with van der Waals surface area (Å²) in [7, 11) is 1.61. The van der Waals surface area contributed by atoms with Gasteiger partial charge in [-0.05, 0) is 31.5 Å². The SMILES string of the molecule is COc1ccc(CN2CC(=O)N(Cc3cc(C)no3)[C@@H](C)C2=O)cc1. The lowest BCUT2D eigenvalue weighted by molar-refractivity contribution is -0.156. The van der Waals surface area contributed by atoms with E-state index in [1.807, 2.05) is 31.2 Å². The van der Waals surface area contributed by atoms with Crippen LogP contribution in [0.25, 0.3) is 0 Å². The standard InChI is InChI=1S/C18H21N3O4/c1-12-8-16(25-19-12)10-21-13(2)18(23)20(11-17(21)22)9-14-4-6-15(24-3)7-5-14/h4-8,13H,9-11H2,1-3H3/t13-/m0/s1. The number of amides is 2. The number of hydrogen-bond acceptors (Lipinski definition) is 5. The van der Waals surface area contributed by atoms with E-state index < -0.39 is 6.04 Å². The van der Waals surface area contributed by atoms with Crippen LogP contribution >= 0.6 is 0 Å². The lowest BCUT2D eigenvalue weighted by Gasteiger charge is -2.38. The van der Waals surface area contributed by atoms with Crippen LogP contribution in [0.4, 0.5) is 0 Å². The maximum atomic E-state index is 12.7. The van der Waals surface area contributed by atoms with E-state index in [1.54, 1.807) is 25.0 Å². The maximum Gasteiger partial charge on any atom is 0.245 e. The molecule has 7 nitrogen and oxygen atoms in total. The summed E-state index contributed by atoms with van der Waals surface area (Å²) in [5.74, 6) is 1.15. The Morgan fingerprint density at radius 2 is 1.96 bits per heavy atom. The lowest BCUT2D eigenvalue weighted by atomic mass is 10.1. The number of piperazine rings is 1. The highest BCUT2D eigenvalue weighted by Crippen LogP contribution is 2.20. The molecule has 1 atom stereocenters. The van der Waals surface area contributed by atoms with Crippen LogP contribution in [0, 0.1) is 6.92 Å². The second-order valence-corrected chi connectivity index (χ2v) is 6.17. The van der Waals surface area contributed by atoms with Gasteiger partial charge in [0, 0.05) is 12.6 Å². The van der Waals surface area contributed by atoms with Crippen LogP contribution in [-0.4, -0.2) is 46.5 Å². The molecule has 1 saturated heterocycles. The summed E-state index contributed by atoms with van der Waals surface area (Å²) in [4.78, 5) is 28.3. The van der Waals surface area contributed by atoms with Crippen LogP contribution in [0.5, 0.6) is 5.75 Å². The third kappa shape index (κ3) is 3.65. The van der Waals surface area contributed by atoms with Gasteiger partial charge in [-0.25, -0.2) is 0 Å². The first kappa shape index (κ1) is 17.0. The van der Waals surface area contributed by atoms with E-state index >= 15 is 0 Å². The Labute approximate surface area is 146 Å². The predicted octanol–water partition coefficient (Wildman–Crippen LogP) is 1.75. The van der Waals surface area contributed by atoms with Gasteiger partial charge in [-0.1, -0.05) is 17.3 Å². The molecule has 0 unspecified atom stereocenters. The minimum Gasteiger partial charge on any atom is -0.497 e. The number of nitrogens with zero attached hydrogens (tertiary/aromatic N) is 3. The van der Waals surface area contributed by atoms with E-state index in [2.05, 4.69) is 5.16 Å². The van der Waals surface area contributed by atoms with Crippen LogP contribution < -0.4 is 4.74 Å². The van der Waals surface area contributed by atoms with Gasteiger partial charge in [-0.15, -0.1) is 0 Å². The molecule has 25 heavy (non-hydrogen) atoms. The highest BCUT2D eigenvalue weighted by molar-refractivity contribution is 5.94. The fourth-order valence-corrected chi connectivity index (χ4v) is 2.91. The molecule has 7 heteroatoms. The molecule has 1 aromatic heterocycles. The molecule has 1 aliphatic heterocycles. The van der Waals surface area contributed by atoms with Crippen molar-refractivity contribution in [1.82, 2.24) is 15.0 Å². The maximum absolute atomic E-state index is 12.7. The summed E-state index contributed by atoms with van der Waals surface area (Å²) in [5.41, 5.74) is 1.70. The molecule has 3 rings (SSSR count). The Hall–Kier alpha value is -2.83. The first-order valence-corrected chi connectivity index (χ1v) is 8.11. The summed E-state index contributed by atoms with van der Waals surface area (Å²) in [6, 6.07) is 8.70. The molecule has 0 aliphatic carbocycles. The third-order valence-corrected chi connectivity index (χ3v) is 4.32. The third-order valence-electron chi connectivity index (χ3n) is 4.32. The molecule has 2 heterocycles. The molecule has 0 N–H and O–H groups in total. The van der Waals surface area contributed by atoms with Crippen molar-refractivity contribution in [2.75, 3.05) is 13.7 Å². The Morgan fingerprint density at radius 3 is 2.56 bits per heavy atom. The van der Waals surface area contributed by atoms with Gasteiger partial charge in [-0.3, -0.25) is 9.59 Å². The topological polar surface area (TPSA) is 75.9 Å². The second kappa shape index (κ2) is 6.96. The molecule has 132 valence electrons. The minimum absolute atomic E-state index is 0.0579. The van der Waals surface area contributed by atoms with Crippen LogP contribution in [0.3, 0.4) is 0 Å². The molecule has 0 radical (unpaired) electrons. The lowest BCUT2D eigenvalue weighted by Crippen LogP contribution is -2.57. The van der Waals surface area contributed by atoms with Crippen LogP contribution in [-0.2, 0) is 22.7 Å². The van der Waals surface area contributed by atoms with Crippen molar-refractivity contribution in [3.05, 3.63) is 47.3 Å². The smallest absolute Gasteiger partial charge is 0.245 e. The number of aryl methyl sites for hydroxylation is 1. The summed E-state index contributed by atoms with van der Waals surface area (Å²) >= 11 is 0. The van der Waals surface area contributed by atoms with Crippen molar-refractivity contribution in [1.29, 1.82) is 0 Å². The van der Waals surface area contributed by atoms with Crippen LogP contribution in [0.2, 0.25) is 0 Å². The van der Waals surface area contributed by atoms with Gasteiger partial charge >= 0.3 is 0 Å². The van der Waals surface area contributed by atoms with Crippen molar-refractivity contribution in [2.24, 2.45) is 0 Å². The van der Waals surface area contributed by atoms with Crippen LogP contribution in [0.15, 0.2) is 34.9 Å². The molecule has 2 aromatic rings. The molecule has 0 spiro atoms. The molecule has 1 aromatic carbocycles. The van der Waals surface area contributed by atoms with Gasteiger partial charge in [0.2, 0.25) is 11.8 Å². The molecule has 0 bridgehead atoms. The molecule has 1 aliphatic rings. The zero-order chi connectivity index (χ0) is 18.0. The van der Waals surface area contributed by atoms with E-state index in [1.165, 1.54) is 4.90 Å². The summed E-state index contributed by atoms with van der Waals surface area (Å²) in [6.07, 6.45) is 0. The number of carbonyl (C=O) groups excluding carboxylic acids is 2. The highest BCUT2D eigenvalue weighted by Gasteiger charge is 2.36. The summed E-state index contributed by atoms with van der Waals surface area (Å²) in [6.45, 7) is 4.26. The van der Waals surface area contributed by atoms with Crippen molar-refractivity contribution in [3.63, 3.8) is 0 Å². The van der Waals surface area contributed by atoms with Gasteiger partial charge in [-0.2, -0.15) is 0 Å². The van der Waals surface area contributed by atoms with E-state index in [0.717, 1.165) is 17.0 Å². The quantitative estimate of drug-likeness (QED) is 0.827. The van der Waals surface area contributed by atoms with Crippen molar-refractivity contribution >= 4 is 11.8 Å². The van der Waals surface area contributed by atoms with Crippen molar-refractivity contribution in [2.45, 2.75) is 33.0 Å². The van der Waals surface area contributed by atoms with Crippen LogP contribution in [0.1, 0.15) is 23.9 Å². The number of benzene rings is 1. The Morgan fingerprint density at radius 1 is 1.24 bits per heavy atom. The fraction of sp³-hybridized carbons (Fsp3) is 0.389. The first-order valence-electron chi connectivity index (χ1n) is 8.11. The molecular weight excluding hydrogens is 322 g/mol. The fourth-order valence-electron chi connectivity index (χ4n) is 2.91. The average molecular weight is 343 g/mol. The molecular formula is C18H21N3O4. The molecule has 2 amide bonds. The van der Waals surface area contributed by atoms with E-state index in [9.17, 15) is 9.59 Å². The highest BCUT2D eigenvalue weighted by atomic mass is 16.5. The van der Waals surface area contributed by atoms with E-state index in [0.29, 0.717) is 12.3 Å². The second-order valence-electron chi connectivity index (χ2n) is 6.17. The average Bonchev–Trinajstić information content (AvgIpc) is 3.02. The number of methoxy groups -OCH3 is 1. The predicted molar refractivity (Wildman–Crippen MR) is 89.7 cm³/mol. The number of aromatic nitrogens is 1. The van der Waals surface area contributed by atoms with Gasteiger partial charge in [0.15, 0.2) is 5.76 Å². The van der Waals surface area contributed by atoms with E-state index in [-0.39, 0.29) is 24.9 Å². The van der Waals surface area contributed by atoms with Crippen molar-refractivity contribution in [3.8, 4) is 5.75 Å². The largest absolute Gasteiger partial charge is 0.497 e. The summed E-state index contributed by atoms with van der Waals surface area (Å²) in [5, 5.41) is 3.82. The van der Waals surface area contributed by atoms with Gasteiger partial charge < -0.3 is 19.1 Å². The number of hydrogen-bond donors (Lipinski definition) is 0. The Balaban J connectivity index is 1.68. The minimum atomic E-state index is -0.537. The van der Waals surface area contributed by atoms with E-state index in [4.69, 9.17) is 9.26 Å². The monoisotopic (exact) mass is 343 g/mol. The Kier molecular flexibility index (Phi) is 4.74. The van der Waals surface area contributed by atoms with Gasteiger partial charge in [0.25, 0.3) is 0 Å². The number of carbonyl (C=O) groups is 2. The first-order chi connectivity index (χ1) is 12.0. The normalized spacial score (nSPS) is 18.0. The zero-order valence-corrected chi connectivity index (χ0v) is 14.6. The molecule has 0 saturated carbocycles. The van der Waals surface area contributed by atoms with Crippen molar-refractivity contribution < 1.29 is 18.8 Å².